The van der Waals surface area contributed by atoms with E-state index in [4.69, 9.17) is 27.9 Å². The van der Waals surface area contributed by atoms with Gasteiger partial charge in [-0.25, -0.2) is 9.97 Å². The zero-order valence-electron chi connectivity index (χ0n) is 11.1. The van der Waals surface area contributed by atoms with Gasteiger partial charge in [-0.2, -0.15) is 0 Å². The number of rotatable bonds is 4. The summed E-state index contributed by atoms with van der Waals surface area (Å²) in [5, 5.41) is 10.6. The molecule has 2 aromatic rings. The van der Waals surface area contributed by atoms with Gasteiger partial charge in [-0.15, -0.1) is 0 Å². The van der Waals surface area contributed by atoms with Crippen LogP contribution in [0.4, 0.5) is 0 Å². The molecular weight excluding hydrogens is 299 g/mol. The number of aliphatic hydroxyl groups excluding tert-OH is 1. The van der Waals surface area contributed by atoms with E-state index < -0.39 is 6.10 Å². The van der Waals surface area contributed by atoms with Crippen LogP contribution in [0, 0.1) is 6.92 Å². The molecule has 1 N–H and O–H groups in total. The summed E-state index contributed by atoms with van der Waals surface area (Å²) in [4.78, 5) is 7.82. The maximum absolute atomic E-state index is 10.3. The maximum Gasteiger partial charge on any atom is 0.224 e. The number of halogens is 2. The van der Waals surface area contributed by atoms with Crippen LogP contribution in [0.1, 0.15) is 22.9 Å². The number of ether oxygens (including phenoxy) is 1. The van der Waals surface area contributed by atoms with E-state index in [0.29, 0.717) is 17.9 Å². The van der Waals surface area contributed by atoms with E-state index in [9.17, 15) is 5.11 Å². The van der Waals surface area contributed by atoms with E-state index in [1.807, 2.05) is 19.1 Å². The van der Waals surface area contributed by atoms with Crippen molar-refractivity contribution in [2.45, 2.75) is 19.4 Å². The Balaban J connectivity index is 2.23. The van der Waals surface area contributed by atoms with Crippen LogP contribution < -0.4 is 4.74 Å². The fraction of sp³-hybridized carbons (Fsp3) is 0.286. The van der Waals surface area contributed by atoms with Crippen LogP contribution in [0.15, 0.2) is 24.3 Å². The molecule has 0 radical (unpaired) electrons. The number of benzene rings is 1. The van der Waals surface area contributed by atoms with Gasteiger partial charge < -0.3 is 9.84 Å². The monoisotopic (exact) mass is 312 g/mol. The van der Waals surface area contributed by atoms with Crippen LogP contribution in [0.3, 0.4) is 0 Å². The number of aliphatic hydroxyl groups is 1. The molecule has 2 rings (SSSR count). The molecule has 106 valence electrons. The first-order chi connectivity index (χ1) is 9.47. The van der Waals surface area contributed by atoms with Gasteiger partial charge in [0.1, 0.15) is 10.9 Å². The molecule has 1 aromatic heterocycles. The third-order valence-corrected chi connectivity index (χ3v) is 3.18. The Bertz CT molecular complexity index is 600. The van der Waals surface area contributed by atoms with Gasteiger partial charge in [-0.05, 0) is 47.9 Å². The number of aryl methyl sites for hydroxylation is 1. The summed E-state index contributed by atoms with van der Waals surface area (Å²) in [6, 6.07) is 7.18. The molecule has 0 amide bonds. The molecule has 0 spiro atoms. The molecule has 0 bridgehead atoms. The molecule has 1 aromatic carbocycles. The fourth-order valence-corrected chi connectivity index (χ4v) is 2.39. The lowest BCUT2D eigenvalue weighted by atomic mass is 10.0. The minimum absolute atomic E-state index is 0.0709. The Morgan fingerprint density at radius 1 is 1.20 bits per heavy atom. The average Bonchev–Trinajstić information content (AvgIpc) is 2.36. The third kappa shape index (κ3) is 3.82. The van der Waals surface area contributed by atoms with Crippen LogP contribution in [0.2, 0.25) is 10.4 Å². The highest BCUT2D eigenvalue weighted by Crippen LogP contribution is 2.24. The van der Waals surface area contributed by atoms with Gasteiger partial charge in [-0.3, -0.25) is 0 Å². The van der Waals surface area contributed by atoms with Crippen molar-refractivity contribution in [2.24, 2.45) is 0 Å². The molecule has 1 heterocycles. The third-order valence-electron chi connectivity index (χ3n) is 2.82. The smallest absolute Gasteiger partial charge is 0.224 e. The molecule has 1 atom stereocenters. The summed E-state index contributed by atoms with van der Waals surface area (Å²) < 4.78 is 5.20. The second kappa shape index (κ2) is 6.39. The van der Waals surface area contributed by atoms with E-state index in [1.54, 1.807) is 19.2 Å². The van der Waals surface area contributed by atoms with Gasteiger partial charge in [-0.1, -0.05) is 17.7 Å². The van der Waals surface area contributed by atoms with Crippen molar-refractivity contribution in [3.63, 3.8) is 0 Å². The zero-order valence-corrected chi connectivity index (χ0v) is 12.6. The molecule has 0 aliphatic heterocycles. The molecular formula is C14H14Cl2N2O2. The number of aromatic nitrogens is 2. The fourth-order valence-electron chi connectivity index (χ4n) is 1.94. The molecule has 6 heteroatoms. The molecule has 0 fully saturated rings. The first-order valence-electron chi connectivity index (χ1n) is 6.00. The highest BCUT2D eigenvalue weighted by molar-refractivity contribution is 6.31. The van der Waals surface area contributed by atoms with Crippen molar-refractivity contribution < 1.29 is 9.84 Å². The van der Waals surface area contributed by atoms with E-state index in [0.717, 1.165) is 11.1 Å². The summed E-state index contributed by atoms with van der Waals surface area (Å²) in [6.45, 7) is 1.94. The Morgan fingerprint density at radius 3 is 2.60 bits per heavy atom. The van der Waals surface area contributed by atoms with Crippen LogP contribution in [-0.2, 0) is 6.42 Å². The van der Waals surface area contributed by atoms with E-state index in [2.05, 4.69) is 9.97 Å². The summed E-state index contributed by atoms with van der Waals surface area (Å²) in [7, 11) is 1.59. The molecule has 0 saturated heterocycles. The van der Waals surface area contributed by atoms with Crippen LogP contribution >= 0.6 is 23.2 Å². The Labute approximate surface area is 127 Å². The summed E-state index contributed by atoms with van der Waals surface area (Å²) >= 11 is 11.6. The average molecular weight is 313 g/mol. The van der Waals surface area contributed by atoms with Gasteiger partial charge >= 0.3 is 0 Å². The van der Waals surface area contributed by atoms with Crippen LogP contribution in [-0.4, -0.2) is 22.2 Å². The lowest BCUT2D eigenvalue weighted by Gasteiger charge is -2.13. The van der Waals surface area contributed by atoms with Crippen molar-refractivity contribution in [1.29, 1.82) is 0 Å². The molecule has 4 nitrogen and oxygen atoms in total. The van der Waals surface area contributed by atoms with Gasteiger partial charge in [0.05, 0.1) is 13.2 Å². The number of nitrogens with zero attached hydrogens (tertiary/aromatic N) is 2. The summed E-state index contributed by atoms with van der Waals surface area (Å²) in [5.41, 5.74) is 2.35. The van der Waals surface area contributed by atoms with Gasteiger partial charge in [0.2, 0.25) is 5.28 Å². The molecule has 0 saturated carbocycles. The summed E-state index contributed by atoms with van der Waals surface area (Å²) in [5.74, 6) is 0.706. The van der Waals surface area contributed by atoms with Crippen molar-refractivity contribution in [2.75, 3.05) is 7.11 Å². The predicted octanol–water partition coefficient (Wildman–Crippen LogP) is 3.38. The van der Waals surface area contributed by atoms with Crippen LogP contribution in [0.25, 0.3) is 0 Å². The maximum atomic E-state index is 10.3. The summed E-state index contributed by atoms with van der Waals surface area (Å²) in [6.07, 6.45) is -0.417. The standard InChI is InChI=1S/C14H14Cl2N2O2/c1-8-3-9(5-11(4-8)20-2)12(19)6-10-7-13(15)18-14(16)17-10/h3-5,7,12,19H,6H2,1-2H3. The van der Waals surface area contributed by atoms with Crippen LogP contribution in [0.5, 0.6) is 5.75 Å². The van der Waals surface area contributed by atoms with Crippen molar-refractivity contribution in [3.8, 4) is 5.75 Å². The largest absolute Gasteiger partial charge is 0.497 e. The number of hydrogen-bond donors (Lipinski definition) is 1. The van der Waals surface area contributed by atoms with Crippen molar-refractivity contribution in [3.05, 3.63) is 51.5 Å². The van der Waals surface area contributed by atoms with E-state index >= 15 is 0 Å². The Morgan fingerprint density at radius 2 is 1.95 bits per heavy atom. The van der Waals surface area contributed by atoms with E-state index in [-0.39, 0.29) is 10.4 Å². The zero-order chi connectivity index (χ0) is 14.7. The van der Waals surface area contributed by atoms with Crippen molar-refractivity contribution >= 4 is 23.2 Å². The van der Waals surface area contributed by atoms with Gasteiger partial charge in [0, 0.05) is 12.1 Å². The first kappa shape index (κ1) is 15.0. The van der Waals surface area contributed by atoms with Crippen molar-refractivity contribution in [1.82, 2.24) is 9.97 Å². The minimum atomic E-state index is -0.717. The molecule has 1 unspecified atom stereocenters. The SMILES string of the molecule is COc1cc(C)cc(C(O)Cc2cc(Cl)nc(Cl)n2)c1. The topological polar surface area (TPSA) is 55.2 Å². The molecule has 20 heavy (non-hydrogen) atoms. The highest BCUT2D eigenvalue weighted by Gasteiger charge is 2.13. The first-order valence-corrected chi connectivity index (χ1v) is 6.76. The molecule has 0 aliphatic rings. The minimum Gasteiger partial charge on any atom is -0.497 e. The number of hydrogen-bond acceptors (Lipinski definition) is 4. The molecule has 0 aliphatic carbocycles. The second-order valence-electron chi connectivity index (χ2n) is 4.45. The lowest BCUT2D eigenvalue weighted by Crippen LogP contribution is -2.05. The van der Waals surface area contributed by atoms with Gasteiger partial charge in [0.25, 0.3) is 0 Å². The van der Waals surface area contributed by atoms with E-state index in [1.165, 1.54) is 0 Å². The van der Waals surface area contributed by atoms with Gasteiger partial charge in [0.15, 0.2) is 0 Å². The second-order valence-corrected chi connectivity index (χ2v) is 5.18. The Hall–Kier alpha value is -1.36. The highest BCUT2D eigenvalue weighted by atomic mass is 35.5. The number of methoxy groups -OCH3 is 1. The quantitative estimate of drug-likeness (QED) is 0.694. The Kier molecular flexibility index (Phi) is 4.81. The predicted molar refractivity (Wildman–Crippen MR) is 78.4 cm³/mol. The normalized spacial score (nSPS) is 12.2. The lowest BCUT2D eigenvalue weighted by molar-refractivity contribution is 0.176.